The number of rotatable bonds is 2. The molecular formula is C18H22Cl2N2O3. The minimum Gasteiger partial charge on any atom is -0.444 e. The predicted molar refractivity (Wildman–Crippen MR) is 99.9 cm³/mol. The highest BCUT2D eigenvalue weighted by Gasteiger charge is 2.26. The highest BCUT2D eigenvalue weighted by atomic mass is 35.5. The molecule has 1 aliphatic rings. The lowest BCUT2D eigenvalue weighted by molar-refractivity contribution is -0.127. The van der Waals surface area contributed by atoms with Gasteiger partial charge in [-0.3, -0.25) is 4.79 Å². The maximum atomic E-state index is 12.3. The van der Waals surface area contributed by atoms with Crippen LogP contribution in [0, 0.1) is 0 Å². The molecule has 0 aliphatic carbocycles. The van der Waals surface area contributed by atoms with Crippen LogP contribution in [-0.4, -0.2) is 53.6 Å². The Labute approximate surface area is 158 Å². The van der Waals surface area contributed by atoms with Gasteiger partial charge in [-0.1, -0.05) is 29.3 Å². The number of amides is 2. The summed E-state index contributed by atoms with van der Waals surface area (Å²) in [6, 6.07) is 5.18. The predicted octanol–water partition coefficient (Wildman–Crippen LogP) is 4.09. The van der Waals surface area contributed by atoms with Crippen molar-refractivity contribution in [2.45, 2.75) is 26.4 Å². The van der Waals surface area contributed by atoms with Crippen molar-refractivity contribution in [3.63, 3.8) is 0 Å². The monoisotopic (exact) mass is 384 g/mol. The smallest absolute Gasteiger partial charge is 0.410 e. The van der Waals surface area contributed by atoms with Gasteiger partial charge in [-0.05, 0) is 44.5 Å². The average molecular weight is 385 g/mol. The molecule has 0 spiro atoms. The molecule has 2 rings (SSSR count). The van der Waals surface area contributed by atoms with Crippen LogP contribution in [-0.2, 0) is 9.53 Å². The van der Waals surface area contributed by atoms with E-state index in [1.165, 1.54) is 6.08 Å². The van der Waals surface area contributed by atoms with E-state index in [1.807, 2.05) is 20.8 Å². The van der Waals surface area contributed by atoms with Crippen LogP contribution < -0.4 is 0 Å². The lowest BCUT2D eigenvalue weighted by atomic mass is 10.2. The summed E-state index contributed by atoms with van der Waals surface area (Å²) in [5, 5.41) is 0.922. The Bertz CT molecular complexity index is 675. The van der Waals surface area contributed by atoms with Crippen LogP contribution >= 0.6 is 23.2 Å². The van der Waals surface area contributed by atoms with Crippen LogP contribution in [0.5, 0.6) is 0 Å². The number of piperazine rings is 1. The summed E-state index contributed by atoms with van der Waals surface area (Å²) in [7, 11) is 0. The normalized spacial score (nSPS) is 15.6. The Hall–Kier alpha value is -1.72. The average Bonchev–Trinajstić information content (AvgIpc) is 2.54. The van der Waals surface area contributed by atoms with E-state index in [0.717, 1.165) is 5.56 Å². The molecule has 0 bridgehead atoms. The van der Waals surface area contributed by atoms with Crippen molar-refractivity contribution in [3.8, 4) is 0 Å². The van der Waals surface area contributed by atoms with Gasteiger partial charge in [0.25, 0.3) is 0 Å². The van der Waals surface area contributed by atoms with Gasteiger partial charge in [0.1, 0.15) is 5.60 Å². The van der Waals surface area contributed by atoms with Crippen LogP contribution in [0.4, 0.5) is 4.79 Å². The van der Waals surface area contributed by atoms with Gasteiger partial charge in [0.2, 0.25) is 5.91 Å². The van der Waals surface area contributed by atoms with Crippen LogP contribution in [0.3, 0.4) is 0 Å². The first-order valence-electron chi connectivity index (χ1n) is 8.06. The number of carbonyl (C=O) groups is 2. The fourth-order valence-corrected chi connectivity index (χ4v) is 2.63. The van der Waals surface area contributed by atoms with E-state index in [4.69, 9.17) is 27.9 Å². The first kappa shape index (κ1) is 19.6. The zero-order valence-electron chi connectivity index (χ0n) is 14.6. The van der Waals surface area contributed by atoms with Crippen molar-refractivity contribution in [3.05, 3.63) is 39.9 Å². The largest absolute Gasteiger partial charge is 0.444 e. The van der Waals surface area contributed by atoms with Crippen LogP contribution in [0.2, 0.25) is 10.0 Å². The standard InChI is InChI=1S/C18H22Cl2N2O3/c1-18(2,3)25-17(24)22-10-8-21(9-11-22)16(23)7-5-13-4-6-14(19)15(20)12-13/h4-7,12H,8-11H2,1-3H3. The topological polar surface area (TPSA) is 49.9 Å². The molecule has 1 aromatic rings. The summed E-state index contributed by atoms with van der Waals surface area (Å²) in [4.78, 5) is 27.6. The molecule has 0 N–H and O–H groups in total. The number of ether oxygens (including phenoxy) is 1. The molecule has 1 fully saturated rings. The molecule has 0 unspecified atom stereocenters. The SMILES string of the molecule is CC(C)(C)OC(=O)N1CCN(C(=O)C=Cc2ccc(Cl)c(Cl)c2)CC1. The molecule has 25 heavy (non-hydrogen) atoms. The Kier molecular flexibility index (Phi) is 6.36. The Morgan fingerprint density at radius 3 is 2.20 bits per heavy atom. The van der Waals surface area contributed by atoms with Crippen molar-refractivity contribution >= 4 is 41.3 Å². The number of hydrogen-bond acceptors (Lipinski definition) is 3. The number of nitrogens with zero attached hydrogens (tertiary/aromatic N) is 2. The summed E-state index contributed by atoms with van der Waals surface area (Å²) < 4.78 is 5.35. The molecule has 2 amide bonds. The lowest BCUT2D eigenvalue weighted by Gasteiger charge is -2.35. The van der Waals surface area contributed by atoms with Crippen molar-refractivity contribution < 1.29 is 14.3 Å². The minimum atomic E-state index is -0.521. The van der Waals surface area contributed by atoms with Crippen LogP contribution in [0.15, 0.2) is 24.3 Å². The number of carbonyl (C=O) groups excluding carboxylic acids is 2. The van der Waals surface area contributed by atoms with E-state index in [0.29, 0.717) is 36.2 Å². The number of halogens is 2. The van der Waals surface area contributed by atoms with Crippen LogP contribution in [0.25, 0.3) is 6.08 Å². The molecule has 0 radical (unpaired) electrons. The molecule has 1 saturated heterocycles. The van der Waals surface area contributed by atoms with Crippen LogP contribution in [0.1, 0.15) is 26.3 Å². The van der Waals surface area contributed by atoms with E-state index in [9.17, 15) is 9.59 Å². The van der Waals surface area contributed by atoms with Gasteiger partial charge < -0.3 is 14.5 Å². The van der Waals surface area contributed by atoms with Crippen molar-refractivity contribution in [2.24, 2.45) is 0 Å². The van der Waals surface area contributed by atoms with Gasteiger partial charge >= 0.3 is 6.09 Å². The second-order valence-electron chi connectivity index (χ2n) is 6.80. The lowest BCUT2D eigenvalue weighted by Crippen LogP contribution is -2.51. The number of benzene rings is 1. The van der Waals surface area contributed by atoms with E-state index < -0.39 is 5.60 Å². The molecule has 0 saturated carbocycles. The second kappa shape index (κ2) is 8.11. The Morgan fingerprint density at radius 1 is 1.04 bits per heavy atom. The van der Waals surface area contributed by atoms with E-state index >= 15 is 0 Å². The van der Waals surface area contributed by atoms with E-state index in [-0.39, 0.29) is 12.0 Å². The zero-order valence-corrected chi connectivity index (χ0v) is 16.1. The van der Waals surface area contributed by atoms with Crippen molar-refractivity contribution in [2.75, 3.05) is 26.2 Å². The zero-order chi connectivity index (χ0) is 18.6. The Morgan fingerprint density at radius 2 is 1.64 bits per heavy atom. The maximum Gasteiger partial charge on any atom is 0.410 e. The molecule has 7 heteroatoms. The maximum absolute atomic E-state index is 12.3. The summed E-state index contributed by atoms with van der Waals surface area (Å²) in [5.41, 5.74) is 0.280. The second-order valence-corrected chi connectivity index (χ2v) is 7.61. The highest BCUT2D eigenvalue weighted by Crippen LogP contribution is 2.23. The summed E-state index contributed by atoms with van der Waals surface area (Å²) in [6.07, 6.45) is 2.86. The van der Waals surface area contributed by atoms with Gasteiger partial charge in [-0.2, -0.15) is 0 Å². The molecule has 5 nitrogen and oxygen atoms in total. The van der Waals surface area contributed by atoms with Crippen molar-refractivity contribution in [1.82, 2.24) is 9.80 Å². The summed E-state index contributed by atoms with van der Waals surface area (Å²) >= 11 is 11.8. The fraction of sp³-hybridized carbons (Fsp3) is 0.444. The third kappa shape index (κ3) is 5.94. The quantitative estimate of drug-likeness (QED) is 0.721. The van der Waals surface area contributed by atoms with E-state index in [2.05, 4.69) is 0 Å². The van der Waals surface area contributed by atoms with Gasteiger partial charge in [0.05, 0.1) is 10.0 Å². The van der Waals surface area contributed by atoms with Gasteiger partial charge in [-0.15, -0.1) is 0 Å². The van der Waals surface area contributed by atoms with Gasteiger partial charge in [-0.25, -0.2) is 4.79 Å². The highest BCUT2D eigenvalue weighted by molar-refractivity contribution is 6.42. The third-order valence-electron chi connectivity index (χ3n) is 3.61. The molecule has 1 heterocycles. The summed E-state index contributed by atoms with van der Waals surface area (Å²) in [5.74, 6) is -0.102. The van der Waals surface area contributed by atoms with Gasteiger partial charge in [0.15, 0.2) is 0 Å². The minimum absolute atomic E-state index is 0.102. The molecule has 0 atom stereocenters. The first-order valence-corrected chi connectivity index (χ1v) is 8.81. The Balaban J connectivity index is 1.87. The molecular weight excluding hydrogens is 363 g/mol. The fourth-order valence-electron chi connectivity index (χ4n) is 2.32. The summed E-state index contributed by atoms with van der Waals surface area (Å²) in [6.45, 7) is 7.37. The molecule has 1 aliphatic heterocycles. The van der Waals surface area contributed by atoms with Crippen molar-refractivity contribution in [1.29, 1.82) is 0 Å². The van der Waals surface area contributed by atoms with E-state index in [1.54, 1.807) is 34.1 Å². The van der Waals surface area contributed by atoms with Gasteiger partial charge in [0, 0.05) is 32.3 Å². The first-order chi connectivity index (χ1) is 11.7. The number of hydrogen-bond donors (Lipinski definition) is 0. The third-order valence-corrected chi connectivity index (χ3v) is 4.34. The molecule has 1 aromatic carbocycles. The molecule has 0 aromatic heterocycles. The molecule has 136 valence electrons.